The van der Waals surface area contributed by atoms with Crippen molar-refractivity contribution in [2.24, 2.45) is 5.73 Å². The molecule has 0 amide bonds. The summed E-state index contributed by atoms with van der Waals surface area (Å²) in [7, 11) is 2.14. The molecule has 0 aliphatic rings. The van der Waals surface area contributed by atoms with Crippen LogP contribution in [0.3, 0.4) is 0 Å². The van der Waals surface area contributed by atoms with E-state index < -0.39 is 0 Å². The molecule has 0 rings (SSSR count). The Bertz CT molecular complexity index is 126. The van der Waals surface area contributed by atoms with Gasteiger partial charge in [0.25, 0.3) is 0 Å². The van der Waals surface area contributed by atoms with Crippen LogP contribution in [0, 0.1) is 0 Å². The van der Waals surface area contributed by atoms with Crippen molar-refractivity contribution in [2.75, 3.05) is 32.1 Å². The Balaban J connectivity index is 3.55. The number of hydrogen-bond acceptors (Lipinski definition) is 3. The quantitative estimate of drug-likeness (QED) is 0.635. The van der Waals surface area contributed by atoms with Crippen molar-refractivity contribution < 1.29 is 0 Å². The second-order valence-electron chi connectivity index (χ2n) is 2.95. The highest BCUT2D eigenvalue weighted by Crippen LogP contribution is 2.02. The Hall–Kier alpha value is 0.01000. The van der Waals surface area contributed by atoms with Crippen LogP contribution >= 0.6 is 11.8 Å². The highest BCUT2D eigenvalue weighted by Gasteiger charge is 2.05. The van der Waals surface area contributed by atoms with Crippen molar-refractivity contribution in [1.29, 1.82) is 0 Å². The number of thioether (sulfide) groups is 1. The number of likely N-dealkylation sites (N-methyl/N-ethyl adjacent to an activating group) is 1. The minimum Gasteiger partial charge on any atom is -0.327 e. The zero-order valence-electron chi connectivity index (χ0n) is 8.29. The van der Waals surface area contributed by atoms with E-state index in [1.54, 1.807) is 0 Å². The first kappa shape index (κ1) is 12.0. The van der Waals surface area contributed by atoms with Crippen molar-refractivity contribution >= 4 is 11.8 Å². The van der Waals surface area contributed by atoms with Crippen molar-refractivity contribution in [3.05, 3.63) is 12.2 Å². The summed E-state index contributed by atoms with van der Waals surface area (Å²) in [5.41, 5.74) is 5.34. The van der Waals surface area contributed by atoms with Crippen molar-refractivity contribution in [2.45, 2.75) is 13.0 Å². The van der Waals surface area contributed by atoms with E-state index in [4.69, 9.17) is 5.73 Å². The van der Waals surface area contributed by atoms with Crippen LogP contribution in [-0.2, 0) is 0 Å². The van der Waals surface area contributed by atoms with Gasteiger partial charge in [-0.2, -0.15) is 11.8 Å². The maximum absolute atomic E-state index is 5.34. The second-order valence-corrected chi connectivity index (χ2v) is 3.86. The van der Waals surface area contributed by atoms with Crippen molar-refractivity contribution in [3.63, 3.8) is 0 Å². The van der Waals surface area contributed by atoms with E-state index in [9.17, 15) is 0 Å². The van der Waals surface area contributed by atoms with Gasteiger partial charge < -0.3 is 5.73 Å². The molecule has 0 aromatic heterocycles. The molecule has 2 N–H and O–H groups in total. The molecule has 0 aromatic carbocycles. The molecule has 12 heavy (non-hydrogen) atoms. The molecule has 3 heteroatoms. The Morgan fingerprint density at radius 1 is 1.50 bits per heavy atom. The smallest absolute Gasteiger partial charge is 0.0163 e. The highest BCUT2D eigenvalue weighted by molar-refractivity contribution is 7.98. The van der Waals surface area contributed by atoms with Gasteiger partial charge in [0.15, 0.2) is 0 Å². The van der Waals surface area contributed by atoms with Crippen molar-refractivity contribution in [1.82, 2.24) is 4.90 Å². The largest absolute Gasteiger partial charge is 0.327 e. The fraction of sp³-hybridized carbons (Fsp3) is 0.778. The van der Waals surface area contributed by atoms with Crippen LogP contribution in [0.15, 0.2) is 12.2 Å². The lowest BCUT2D eigenvalue weighted by atomic mass is 10.3. The number of nitrogens with two attached hydrogens (primary N) is 1. The van der Waals surface area contributed by atoms with Gasteiger partial charge in [0.2, 0.25) is 0 Å². The van der Waals surface area contributed by atoms with Crippen LogP contribution in [0.2, 0.25) is 0 Å². The normalized spacial score (nSPS) is 14.4. The van der Waals surface area contributed by atoms with E-state index >= 15 is 0 Å². The summed E-state index contributed by atoms with van der Waals surface area (Å²) in [6, 6.07) is 0.641. The van der Waals surface area contributed by atoms with Crippen molar-refractivity contribution in [3.8, 4) is 0 Å². The zero-order valence-corrected chi connectivity index (χ0v) is 9.10. The maximum Gasteiger partial charge on any atom is 0.0163 e. The van der Waals surface area contributed by atoms with Crippen LogP contribution in [-0.4, -0.2) is 43.1 Å². The molecule has 0 saturated heterocycles. The molecule has 72 valence electrons. The molecule has 0 spiro atoms. The van der Waals surface area contributed by atoms with E-state index in [0.29, 0.717) is 12.6 Å². The maximum atomic E-state index is 5.34. The highest BCUT2D eigenvalue weighted by atomic mass is 32.2. The Labute approximate surface area is 80.2 Å². The summed E-state index contributed by atoms with van der Waals surface area (Å²) in [4.78, 5) is 2.32. The molecule has 0 radical (unpaired) electrons. The lowest BCUT2D eigenvalue weighted by Gasteiger charge is -2.22. The summed E-state index contributed by atoms with van der Waals surface area (Å²) in [6.45, 7) is 3.89. The van der Waals surface area contributed by atoms with Gasteiger partial charge >= 0.3 is 0 Å². The summed E-state index contributed by atoms with van der Waals surface area (Å²) < 4.78 is 0. The fourth-order valence-corrected chi connectivity index (χ4v) is 1.62. The van der Waals surface area contributed by atoms with Crippen LogP contribution in [0.5, 0.6) is 0 Å². The van der Waals surface area contributed by atoms with Gasteiger partial charge in [-0.05, 0) is 20.2 Å². The second kappa shape index (κ2) is 7.65. The molecule has 1 atom stereocenters. The average molecular weight is 188 g/mol. The average Bonchev–Trinajstić information content (AvgIpc) is 2.05. The predicted molar refractivity (Wildman–Crippen MR) is 58.7 cm³/mol. The third-order valence-corrected chi connectivity index (χ3v) is 2.67. The fourth-order valence-electron chi connectivity index (χ4n) is 0.885. The van der Waals surface area contributed by atoms with Crippen LogP contribution in [0.4, 0.5) is 0 Å². The lowest BCUT2D eigenvalue weighted by molar-refractivity contribution is 0.307. The predicted octanol–water partition coefficient (Wildman–Crippen LogP) is 1.18. The van der Waals surface area contributed by atoms with Gasteiger partial charge in [0.1, 0.15) is 0 Å². The van der Waals surface area contributed by atoms with Crippen LogP contribution in [0.25, 0.3) is 0 Å². The van der Waals surface area contributed by atoms with Gasteiger partial charge in [0.05, 0.1) is 0 Å². The first-order valence-electron chi connectivity index (χ1n) is 4.26. The van der Waals surface area contributed by atoms with E-state index in [0.717, 1.165) is 6.54 Å². The molecule has 0 heterocycles. The van der Waals surface area contributed by atoms with Gasteiger partial charge in [-0.1, -0.05) is 12.2 Å². The third-order valence-electron chi connectivity index (χ3n) is 1.86. The van der Waals surface area contributed by atoms with Gasteiger partial charge in [-0.3, -0.25) is 4.90 Å². The Kier molecular flexibility index (Phi) is 7.65. The van der Waals surface area contributed by atoms with Gasteiger partial charge in [0, 0.05) is 24.9 Å². The van der Waals surface area contributed by atoms with E-state index in [1.165, 1.54) is 5.75 Å². The monoisotopic (exact) mass is 188 g/mol. The van der Waals surface area contributed by atoms with Gasteiger partial charge in [-0.15, -0.1) is 0 Å². The molecule has 2 nitrogen and oxygen atoms in total. The van der Waals surface area contributed by atoms with Crippen LogP contribution < -0.4 is 5.73 Å². The van der Waals surface area contributed by atoms with E-state index in [-0.39, 0.29) is 0 Å². The molecular weight excluding hydrogens is 168 g/mol. The Morgan fingerprint density at radius 2 is 2.17 bits per heavy atom. The summed E-state index contributed by atoms with van der Waals surface area (Å²) >= 11 is 1.89. The summed E-state index contributed by atoms with van der Waals surface area (Å²) in [5, 5.41) is 0. The molecule has 0 aromatic rings. The molecule has 0 aliphatic heterocycles. The zero-order chi connectivity index (χ0) is 9.40. The lowest BCUT2D eigenvalue weighted by Crippen LogP contribution is -2.31. The minimum atomic E-state index is 0.641. The molecule has 0 aliphatic carbocycles. The summed E-state index contributed by atoms with van der Waals surface area (Å²) in [5.74, 6) is 1.19. The Morgan fingerprint density at radius 3 is 2.67 bits per heavy atom. The standard InChI is InChI=1S/C9H20N2S/c1-9(8-12-3)11(2)7-5-4-6-10/h4-5,9H,6-8,10H2,1-3H3/b5-4+. The first-order valence-corrected chi connectivity index (χ1v) is 5.66. The molecular formula is C9H20N2S. The molecule has 1 unspecified atom stereocenters. The first-order chi connectivity index (χ1) is 5.72. The number of nitrogens with zero attached hydrogens (tertiary/aromatic N) is 1. The van der Waals surface area contributed by atoms with E-state index in [2.05, 4.69) is 31.2 Å². The molecule has 0 fully saturated rings. The molecule has 0 saturated carbocycles. The van der Waals surface area contributed by atoms with Crippen LogP contribution in [0.1, 0.15) is 6.92 Å². The number of rotatable bonds is 6. The number of hydrogen-bond donors (Lipinski definition) is 1. The van der Waals surface area contributed by atoms with Gasteiger partial charge in [-0.25, -0.2) is 0 Å². The summed E-state index contributed by atoms with van der Waals surface area (Å²) in [6.07, 6.45) is 6.26. The topological polar surface area (TPSA) is 29.3 Å². The molecule has 0 bridgehead atoms. The van der Waals surface area contributed by atoms with E-state index in [1.807, 2.05) is 17.8 Å². The third kappa shape index (κ3) is 5.63. The SMILES string of the molecule is CSCC(C)N(C)C/C=C/CN. The minimum absolute atomic E-state index is 0.641.